The van der Waals surface area contributed by atoms with E-state index >= 15 is 0 Å². The van der Waals surface area contributed by atoms with E-state index in [2.05, 4.69) is 34.6 Å². The van der Waals surface area contributed by atoms with Crippen LogP contribution in [0.4, 0.5) is 0 Å². The van der Waals surface area contributed by atoms with E-state index in [1.165, 1.54) is 57.9 Å². The second kappa shape index (κ2) is 13.4. The van der Waals surface area contributed by atoms with E-state index in [1.807, 2.05) is 6.08 Å². The zero-order chi connectivity index (χ0) is 31.8. The highest BCUT2D eigenvalue weighted by molar-refractivity contribution is 5.94. The highest BCUT2D eigenvalue weighted by atomic mass is 16.7. The van der Waals surface area contributed by atoms with Gasteiger partial charge in [0, 0.05) is 19.8 Å². The summed E-state index contributed by atoms with van der Waals surface area (Å²) in [6.07, 6.45) is 14.9. The van der Waals surface area contributed by atoms with Crippen molar-refractivity contribution in [1.29, 1.82) is 0 Å². The molecule has 10 unspecified atom stereocenters. The zero-order valence-corrected chi connectivity index (χ0v) is 28.1. The zero-order valence-electron chi connectivity index (χ0n) is 28.1. The average molecular weight is 613 g/mol. The predicted molar refractivity (Wildman–Crippen MR) is 168 cm³/mol. The number of esters is 2. The van der Waals surface area contributed by atoms with E-state index < -0.39 is 30.4 Å². The summed E-state index contributed by atoms with van der Waals surface area (Å²) in [4.78, 5) is 37.0. The van der Waals surface area contributed by atoms with Gasteiger partial charge in [-0.05, 0) is 104 Å². The molecular formula is C37H56O7. The Morgan fingerprint density at radius 3 is 2.45 bits per heavy atom. The molecule has 0 aromatic carbocycles. The molecule has 3 fully saturated rings. The molecule has 0 saturated heterocycles. The molecule has 44 heavy (non-hydrogen) atoms. The van der Waals surface area contributed by atoms with E-state index in [4.69, 9.17) is 18.9 Å². The van der Waals surface area contributed by atoms with Crippen molar-refractivity contribution in [2.45, 2.75) is 137 Å². The monoisotopic (exact) mass is 612 g/mol. The Labute approximate surface area is 264 Å². The van der Waals surface area contributed by atoms with Gasteiger partial charge in [-0.25, -0.2) is 0 Å². The molecule has 0 radical (unpaired) electrons. The van der Waals surface area contributed by atoms with Gasteiger partial charge < -0.3 is 18.9 Å². The maximum atomic E-state index is 14.0. The maximum Gasteiger partial charge on any atom is 0.303 e. The lowest BCUT2D eigenvalue weighted by atomic mass is 9.46. The largest absolute Gasteiger partial charge is 0.463 e. The summed E-state index contributed by atoms with van der Waals surface area (Å²) >= 11 is 0. The number of fused-ring (bicyclic) bond motifs is 5. The van der Waals surface area contributed by atoms with Gasteiger partial charge >= 0.3 is 11.9 Å². The lowest BCUT2D eigenvalue weighted by Gasteiger charge is -2.57. The summed E-state index contributed by atoms with van der Waals surface area (Å²) in [5.74, 6) is 2.77. The first-order chi connectivity index (χ1) is 20.8. The van der Waals surface area contributed by atoms with Gasteiger partial charge in [-0.15, -0.1) is 0 Å². The van der Waals surface area contributed by atoms with Gasteiger partial charge in [0.05, 0.1) is 6.10 Å². The quantitative estimate of drug-likeness (QED) is 0.188. The van der Waals surface area contributed by atoms with Crippen LogP contribution in [-0.2, 0) is 33.3 Å². The number of rotatable bonds is 10. The van der Waals surface area contributed by atoms with Crippen LogP contribution in [-0.4, -0.2) is 48.9 Å². The van der Waals surface area contributed by atoms with Gasteiger partial charge in [0.25, 0.3) is 0 Å². The Morgan fingerprint density at radius 2 is 1.75 bits per heavy atom. The van der Waals surface area contributed by atoms with Gasteiger partial charge in [-0.3, -0.25) is 14.4 Å². The van der Waals surface area contributed by atoms with Gasteiger partial charge in [0.1, 0.15) is 18.8 Å². The maximum absolute atomic E-state index is 14.0. The Balaban J connectivity index is 1.25. The molecule has 7 heteroatoms. The molecule has 3 saturated carbocycles. The number of ketones is 1. The van der Waals surface area contributed by atoms with Crippen LogP contribution in [0.25, 0.3) is 0 Å². The Bertz CT molecular complexity index is 1140. The first kappa shape index (κ1) is 33.4. The van der Waals surface area contributed by atoms with E-state index in [0.717, 1.165) is 43.4 Å². The lowest BCUT2D eigenvalue weighted by Crippen LogP contribution is -2.54. The van der Waals surface area contributed by atoms with Gasteiger partial charge in [-0.2, -0.15) is 0 Å². The van der Waals surface area contributed by atoms with Gasteiger partial charge in [0.15, 0.2) is 12.1 Å². The standard InChI is InChI=1S/C37H56O7/c1-22(2)9-8-10-23(3)28-11-12-29-35-30(16-18-37(28,29)7)36(6)17-15-27(19-26(36)20-31(35)40)43-34-14-13-32(42-25(5)39)33(44-34)21-41-24(4)38/h13-14,20,22-23,27-30,32-35H,8-12,15-19,21H2,1-7H3/t23?,27?,28?,29?,30?,32?,33?,34?,35-,36?,37?/m1/s1. The number of carbonyl (C=O) groups is 3. The van der Waals surface area contributed by atoms with Crippen molar-refractivity contribution in [2.24, 2.45) is 46.3 Å². The second-order valence-corrected chi connectivity index (χ2v) is 15.6. The molecule has 0 N–H and O–H groups in total. The molecule has 4 aliphatic carbocycles. The number of carbonyl (C=O) groups excluding carboxylic acids is 3. The van der Waals surface area contributed by atoms with Gasteiger partial charge in [-0.1, -0.05) is 59.5 Å². The molecule has 11 atom stereocenters. The van der Waals surface area contributed by atoms with Crippen LogP contribution in [0, 0.1) is 46.3 Å². The van der Waals surface area contributed by atoms with Crippen molar-refractivity contribution in [3.05, 3.63) is 23.8 Å². The summed E-state index contributed by atoms with van der Waals surface area (Å²) in [6, 6.07) is 0. The summed E-state index contributed by atoms with van der Waals surface area (Å²) in [5.41, 5.74) is 1.55. The average Bonchev–Trinajstić information content (AvgIpc) is 3.30. The molecule has 0 spiro atoms. The van der Waals surface area contributed by atoms with Crippen LogP contribution in [0.1, 0.15) is 113 Å². The van der Waals surface area contributed by atoms with Crippen LogP contribution >= 0.6 is 0 Å². The molecule has 0 bridgehead atoms. The van der Waals surface area contributed by atoms with Crippen molar-refractivity contribution >= 4 is 17.7 Å². The van der Waals surface area contributed by atoms with Crippen LogP contribution < -0.4 is 0 Å². The highest BCUT2D eigenvalue weighted by Crippen LogP contribution is 2.66. The molecule has 0 aromatic rings. The third-order valence-corrected chi connectivity index (χ3v) is 12.3. The predicted octanol–water partition coefficient (Wildman–Crippen LogP) is 7.37. The third kappa shape index (κ3) is 6.74. The Morgan fingerprint density at radius 1 is 0.977 bits per heavy atom. The molecule has 1 heterocycles. The fraction of sp³-hybridized carbons (Fsp3) is 0.811. The number of ether oxygens (including phenoxy) is 4. The number of allylic oxidation sites excluding steroid dienone is 1. The fourth-order valence-electron chi connectivity index (χ4n) is 10.0. The van der Waals surface area contributed by atoms with E-state index in [1.54, 1.807) is 12.2 Å². The summed E-state index contributed by atoms with van der Waals surface area (Å²) < 4.78 is 23.0. The third-order valence-electron chi connectivity index (χ3n) is 12.3. The van der Waals surface area contributed by atoms with Crippen molar-refractivity contribution in [1.82, 2.24) is 0 Å². The molecule has 5 rings (SSSR count). The minimum Gasteiger partial charge on any atom is -0.463 e. The minimum atomic E-state index is -0.646. The summed E-state index contributed by atoms with van der Waals surface area (Å²) in [6.45, 7) is 14.7. The molecular weight excluding hydrogens is 556 g/mol. The normalized spacial score (nSPS) is 40.5. The van der Waals surface area contributed by atoms with Crippen LogP contribution in [0.3, 0.4) is 0 Å². The summed E-state index contributed by atoms with van der Waals surface area (Å²) in [5, 5.41) is 0. The van der Waals surface area contributed by atoms with Crippen molar-refractivity contribution < 1.29 is 33.3 Å². The Hall–Kier alpha value is -1.99. The van der Waals surface area contributed by atoms with Gasteiger partial charge in [0.2, 0.25) is 0 Å². The van der Waals surface area contributed by atoms with Crippen molar-refractivity contribution in [3.8, 4) is 0 Å². The van der Waals surface area contributed by atoms with E-state index in [-0.39, 0.29) is 29.5 Å². The van der Waals surface area contributed by atoms with Crippen LogP contribution in [0.2, 0.25) is 0 Å². The van der Waals surface area contributed by atoms with Crippen molar-refractivity contribution in [3.63, 3.8) is 0 Å². The minimum absolute atomic E-state index is 0.0272. The SMILES string of the molecule is CC(=O)OCC1OC(OC2CCC3(C)C(=CC(=O)[C@H]4C3CCC3(C)C(C(C)CCCC(C)C)CCC43)C2)C=CC1OC(C)=O. The fourth-order valence-corrected chi connectivity index (χ4v) is 10.0. The molecule has 1 aliphatic heterocycles. The van der Waals surface area contributed by atoms with Crippen LogP contribution in [0.15, 0.2) is 23.8 Å². The van der Waals surface area contributed by atoms with Crippen LogP contribution in [0.5, 0.6) is 0 Å². The molecule has 5 aliphatic rings. The molecule has 0 aromatic heterocycles. The molecule has 7 nitrogen and oxygen atoms in total. The highest BCUT2D eigenvalue weighted by Gasteiger charge is 2.61. The molecule has 246 valence electrons. The van der Waals surface area contributed by atoms with E-state index in [9.17, 15) is 14.4 Å². The van der Waals surface area contributed by atoms with E-state index in [0.29, 0.717) is 17.6 Å². The smallest absolute Gasteiger partial charge is 0.303 e. The first-order valence-electron chi connectivity index (χ1n) is 17.4. The molecule has 0 amide bonds. The first-order valence-corrected chi connectivity index (χ1v) is 17.4. The summed E-state index contributed by atoms with van der Waals surface area (Å²) in [7, 11) is 0. The Kier molecular flexibility index (Phi) is 10.2. The van der Waals surface area contributed by atoms with Crippen molar-refractivity contribution in [2.75, 3.05) is 6.61 Å². The topological polar surface area (TPSA) is 88.1 Å². The number of hydrogen-bond donors (Lipinski definition) is 0. The lowest BCUT2D eigenvalue weighted by molar-refractivity contribution is -0.213. The number of hydrogen-bond acceptors (Lipinski definition) is 7. The second-order valence-electron chi connectivity index (χ2n) is 15.6.